The van der Waals surface area contributed by atoms with Crippen LogP contribution in [0.15, 0.2) is 58.6 Å². The quantitative estimate of drug-likeness (QED) is 0.820. The minimum absolute atomic E-state index is 0.115. The van der Waals surface area contributed by atoms with Crippen molar-refractivity contribution >= 4 is 17.7 Å². The van der Waals surface area contributed by atoms with Crippen LogP contribution in [0.3, 0.4) is 0 Å². The molecule has 26 heavy (non-hydrogen) atoms. The van der Waals surface area contributed by atoms with Gasteiger partial charge in [-0.05, 0) is 43.5 Å². The van der Waals surface area contributed by atoms with E-state index in [0.717, 1.165) is 48.6 Å². The van der Waals surface area contributed by atoms with E-state index in [-0.39, 0.29) is 5.91 Å². The summed E-state index contributed by atoms with van der Waals surface area (Å²) in [5, 5.41) is 0.916. The van der Waals surface area contributed by atoms with Gasteiger partial charge in [0.05, 0.1) is 5.56 Å². The van der Waals surface area contributed by atoms with Crippen LogP contribution in [0.4, 0.5) is 0 Å². The number of pyridine rings is 1. The van der Waals surface area contributed by atoms with Crippen molar-refractivity contribution in [1.29, 1.82) is 0 Å². The number of hydrogen-bond acceptors (Lipinski definition) is 4. The molecule has 0 spiro atoms. The van der Waals surface area contributed by atoms with Gasteiger partial charge in [-0.1, -0.05) is 36.4 Å². The summed E-state index contributed by atoms with van der Waals surface area (Å²) in [6.07, 6.45) is 6.82. The molecule has 1 saturated heterocycles. The zero-order valence-corrected chi connectivity index (χ0v) is 15.8. The molecule has 2 heterocycles. The predicted octanol–water partition coefficient (Wildman–Crippen LogP) is 3.93. The van der Waals surface area contributed by atoms with Crippen LogP contribution < -0.4 is 0 Å². The Balaban J connectivity index is 1.36. The van der Waals surface area contributed by atoms with E-state index in [0.29, 0.717) is 5.56 Å². The van der Waals surface area contributed by atoms with E-state index in [9.17, 15) is 4.79 Å². The van der Waals surface area contributed by atoms with Crippen molar-refractivity contribution in [2.24, 2.45) is 0 Å². The molecule has 0 atom stereocenters. The van der Waals surface area contributed by atoms with Gasteiger partial charge in [-0.3, -0.25) is 9.69 Å². The van der Waals surface area contributed by atoms with Crippen molar-refractivity contribution in [1.82, 2.24) is 14.8 Å². The van der Waals surface area contributed by atoms with Gasteiger partial charge in [0.25, 0.3) is 5.91 Å². The van der Waals surface area contributed by atoms with Crippen molar-refractivity contribution in [3.8, 4) is 0 Å². The molecule has 2 aliphatic rings. The fraction of sp³-hybridized carbons (Fsp3) is 0.429. The molecule has 0 unspecified atom stereocenters. The Labute approximate surface area is 159 Å². The molecule has 1 aliphatic carbocycles. The molecule has 5 heteroatoms. The zero-order chi connectivity index (χ0) is 17.8. The van der Waals surface area contributed by atoms with Gasteiger partial charge in [0, 0.05) is 43.3 Å². The number of aromatic nitrogens is 1. The summed E-state index contributed by atoms with van der Waals surface area (Å²) < 4.78 is 0. The Morgan fingerprint density at radius 1 is 0.962 bits per heavy atom. The summed E-state index contributed by atoms with van der Waals surface area (Å²) in [5.41, 5.74) is 0.694. The summed E-state index contributed by atoms with van der Waals surface area (Å²) in [4.78, 5) is 23.1. The molecule has 4 rings (SSSR count). The molecule has 2 aromatic rings. The second-order valence-corrected chi connectivity index (χ2v) is 8.16. The van der Waals surface area contributed by atoms with E-state index in [1.807, 2.05) is 35.2 Å². The molecular weight excluding hydrogens is 342 g/mol. The number of amides is 1. The first kappa shape index (κ1) is 17.6. The number of carbonyl (C=O) groups excluding carboxylic acids is 1. The van der Waals surface area contributed by atoms with Crippen LogP contribution in [0.25, 0.3) is 0 Å². The zero-order valence-electron chi connectivity index (χ0n) is 15.0. The van der Waals surface area contributed by atoms with E-state index in [4.69, 9.17) is 0 Å². The fourth-order valence-electron chi connectivity index (χ4n) is 3.62. The third kappa shape index (κ3) is 4.10. The number of hydrogen-bond donors (Lipinski definition) is 0. The number of nitrogens with zero attached hydrogens (tertiary/aromatic N) is 3. The van der Waals surface area contributed by atoms with Crippen molar-refractivity contribution in [3.05, 3.63) is 54.2 Å². The fourth-order valence-corrected chi connectivity index (χ4v) is 4.39. The van der Waals surface area contributed by atoms with Crippen molar-refractivity contribution in [2.75, 3.05) is 26.2 Å². The first-order valence-corrected chi connectivity index (χ1v) is 10.3. The van der Waals surface area contributed by atoms with Crippen molar-refractivity contribution < 1.29 is 4.79 Å². The van der Waals surface area contributed by atoms with Gasteiger partial charge >= 0.3 is 0 Å². The summed E-state index contributed by atoms with van der Waals surface area (Å²) >= 11 is 1.62. The van der Waals surface area contributed by atoms with Crippen LogP contribution in [0.1, 0.15) is 36.0 Å². The Kier molecular flexibility index (Phi) is 5.56. The Morgan fingerprint density at radius 3 is 2.50 bits per heavy atom. The minimum Gasteiger partial charge on any atom is -0.337 e. The van der Waals surface area contributed by atoms with Crippen LogP contribution in [-0.2, 0) is 0 Å². The van der Waals surface area contributed by atoms with Gasteiger partial charge in [-0.2, -0.15) is 0 Å². The van der Waals surface area contributed by atoms with Gasteiger partial charge in [0.15, 0.2) is 0 Å². The lowest BCUT2D eigenvalue weighted by Gasteiger charge is -2.36. The van der Waals surface area contributed by atoms with E-state index in [1.54, 1.807) is 18.0 Å². The van der Waals surface area contributed by atoms with Crippen LogP contribution in [-0.4, -0.2) is 52.9 Å². The third-order valence-corrected chi connectivity index (χ3v) is 6.32. The second kappa shape index (κ2) is 8.23. The second-order valence-electron chi connectivity index (χ2n) is 7.07. The Morgan fingerprint density at radius 2 is 1.81 bits per heavy atom. The van der Waals surface area contributed by atoms with Crippen molar-refractivity contribution in [3.63, 3.8) is 0 Å². The Bertz CT molecular complexity index is 731. The lowest BCUT2D eigenvalue weighted by molar-refractivity contribution is 0.0749. The number of rotatable bonds is 4. The number of carbonyl (C=O) groups is 1. The van der Waals surface area contributed by atoms with Gasteiger partial charge in [-0.25, -0.2) is 4.98 Å². The maximum Gasteiger partial charge on any atom is 0.255 e. The Hall–Kier alpha value is -1.85. The molecule has 1 aromatic heterocycles. The third-order valence-electron chi connectivity index (χ3n) is 5.36. The van der Waals surface area contributed by atoms with Crippen LogP contribution >= 0.6 is 11.8 Å². The highest BCUT2D eigenvalue weighted by Gasteiger charge is 2.28. The standard InChI is InChI=1S/C21H25N3OS/c25-21(24-13-5-12-23(14-15-24)18-6-4-7-18)17-10-11-20(22-16-17)26-19-8-2-1-3-9-19/h1-3,8-11,16,18H,4-7,12-15H2. The molecule has 1 amide bonds. The molecule has 0 radical (unpaired) electrons. The first-order chi connectivity index (χ1) is 12.8. The SMILES string of the molecule is O=C(c1ccc(Sc2ccccc2)nc1)N1CCCN(C2CCC2)CC1. The average molecular weight is 368 g/mol. The summed E-state index contributed by atoms with van der Waals surface area (Å²) in [5.74, 6) is 0.115. The first-order valence-electron chi connectivity index (χ1n) is 9.52. The number of benzene rings is 1. The summed E-state index contributed by atoms with van der Waals surface area (Å²) in [7, 11) is 0. The molecule has 2 fully saturated rings. The molecule has 136 valence electrons. The lowest BCUT2D eigenvalue weighted by Crippen LogP contribution is -2.42. The van der Waals surface area contributed by atoms with E-state index < -0.39 is 0 Å². The maximum atomic E-state index is 12.8. The molecule has 0 N–H and O–H groups in total. The van der Waals surface area contributed by atoms with Gasteiger partial charge in [0.1, 0.15) is 5.03 Å². The molecule has 1 saturated carbocycles. The largest absolute Gasteiger partial charge is 0.337 e. The van der Waals surface area contributed by atoms with Gasteiger partial charge in [-0.15, -0.1) is 0 Å². The minimum atomic E-state index is 0.115. The summed E-state index contributed by atoms with van der Waals surface area (Å²) in [6, 6.07) is 14.8. The highest BCUT2D eigenvalue weighted by molar-refractivity contribution is 7.99. The monoisotopic (exact) mass is 367 g/mol. The predicted molar refractivity (Wildman–Crippen MR) is 105 cm³/mol. The highest BCUT2D eigenvalue weighted by Crippen LogP contribution is 2.27. The van der Waals surface area contributed by atoms with Gasteiger partial charge in [0.2, 0.25) is 0 Å². The molecule has 1 aliphatic heterocycles. The summed E-state index contributed by atoms with van der Waals surface area (Å²) in [6.45, 7) is 3.81. The van der Waals surface area contributed by atoms with Crippen molar-refractivity contribution in [2.45, 2.75) is 41.6 Å². The molecule has 4 nitrogen and oxygen atoms in total. The topological polar surface area (TPSA) is 36.4 Å². The van der Waals surface area contributed by atoms with Gasteiger partial charge < -0.3 is 4.90 Å². The van der Waals surface area contributed by atoms with Crippen LogP contribution in [0.5, 0.6) is 0 Å². The average Bonchev–Trinajstić information content (AvgIpc) is 2.87. The molecular formula is C21H25N3OS. The van der Waals surface area contributed by atoms with E-state index >= 15 is 0 Å². The van der Waals surface area contributed by atoms with Crippen LogP contribution in [0.2, 0.25) is 0 Å². The van der Waals surface area contributed by atoms with Crippen LogP contribution in [0, 0.1) is 0 Å². The van der Waals surface area contributed by atoms with E-state index in [1.165, 1.54) is 19.3 Å². The normalized spacial score (nSPS) is 19.0. The molecule has 1 aromatic carbocycles. The van der Waals surface area contributed by atoms with E-state index in [2.05, 4.69) is 22.0 Å². The smallest absolute Gasteiger partial charge is 0.255 e. The highest BCUT2D eigenvalue weighted by atomic mass is 32.2. The lowest BCUT2D eigenvalue weighted by atomic mass is 9.91. The molecule has 0 bridgehead atoms. The maximum absolute atomic E-state index is 12.8.